The van der Waals surface area contributed by atoms with Crippen LogP contribution in [0.2, 0.25) is 0 Å². The normalized spacial score (nSPS) is 18.9. The van der Waals surface area contributed by atoms with Gasteiger partial charge in [-0.15, -0.1) is 9.24 Å². The maximum atomic E-state index is 5.61. The number of rotatable bonds is 9. The van der Waals surface area contributed by atoms with Crippen LogP contribution in [0.15, 0.2) is 36.7 Å². The van der Waals surface area contributed by atoms with Gasteiger partial charge in [0.2, 0.25) is 0 Å². The van der Waals surface area contributed by atoms with E-state index >= 15 is 0 Å². The molecule has 1 aliphatic carbocycles. The highest BCUT2D eigenvalue weighted by Crippen LogP contribution is 2.37. The lowest BCUT2D eigenvalue weighted by Crippen LogP contribution is -2.26. The first-order chi connectivity index (χ1) is 15.2. The molecule has 164 valence electrons. The Kier molecular flexibility index (Phi) is 6.22. The van der Waals surface area contributed by atoms with Gasteiger partial charge in [-0.2, -0.15) is 5.10 Å². The van der Waals surface area contributed by atoms with Gasteiger partial charge in [-0.1, -0.05) is 12.1 Å². The summed E-state index contributed by atoms with van der Waals surface area (Å²) < 4.78 is 7.46. The molecule has 2 aliphatic rings. The van der Waals surface area contributed by atoms with Crippen LogP contribution in [0.3, 0.4) is 0 Å². The lowest BCUT2D eigenvalue weighted by Gasteiger charge is -2.28. The van der Waals surface area contributed by atoms with Crippen molar-refractivity contribution >= 4 is 26.0 Å². The number of benzene rings is 1. The minimum Gasteiger partial charge on any atom is -0.377 e. The molecule has 0 amide bonds. The van der Waals surface area contributed by atoms with Crippen LogP contribution in [0, 0.1) is 0 Å². The van der Waals surface area contributed by atoms with Crippen LogP contribution in [-0.2, 0) is 17.8 Å². The predicted molar refractivity (Wildman–Crippen MR) is 128 cm³/mol. The second-order valence-electron chi connectivity index (χ2n) is 8.65. The van der Waals surface area contributed by atoms with Crippen LogP contribution < -0.4 is 15.5 Å². The number of aromatic nitrogens is 3. The Morgan fingerprint density at radius 3 is 2.94 bits per heavy atom. The Morgan fingerprint density at radius 1 is 1.19 bits per heavy atom. The molecule has 1 saturated heterocycles. The van der Waals surface area contributed by atoms with Gasteiger partial charge in [0.25, 0.3) is 0 Å². The monoisotopic (exact) mass is 437 g/mol. The maximum absolute atomic E-state index is 5.61. The Morgan fingerprint density at radius 2 is 2.10 bits per heavy atom. The number of anilines is 1. The molecule has 5 rings (SSSR count). The number of hydrogen-bond acceptors (Lipinski definition) is 5. The number of nitrogens with one attached hydrogen (secondary N) is 1. The van der Waals surface area contributed by atoms with E-state index in [1.54, 1.807) is 0 Å². The van der Waals surface area contributed by atoms with E-state index in [-0.39, 0.29) is 0 Å². The zero-order chi connectivity index (χ0) is 21.2. The largest absolute Gasteiger partial charge is 0.377 e. The molecule has 0 radical (unpaired) electrons. The molecule has 2 fully saturated rings. The van der Waals surface area contributed by atoms with Gasteiger partial charge in [0.15, 0.2) is 5.65 Å². The Bertz CT molecular complexity index is 1050. The maximum Gasteiger partial charge on any atom is 0.162 e. The fourth-order valence-corrected chi connectivity index (χ4v) is 4.87. The van der Waals surface area contributed by atoms with Crippen LogP contribution >= 0.6 is 9.24 Å². The number of nitrogens with zero attached hydrogens (tertiary/aromatic N) is 4. The van der Waals surface area contributed by atoms with E-state index in [0.29, 0.717) is 19.3 Å². The summed E-state index contributed by atoms with van der Waals surface area (Å²) in [6, 6.07) is 10.1. The van der Waals surface area contributed by atoms with Crippen molar-refractivity contribution in [2.45, 2.75) is 57.7 Å². The van der Waals surface area contributed by atoms with Crippen molar-refractivity contribution in [2.75, 3.05) is 24.6 Å². The Hall–Kier alpha value is -2.01. The van der Waals surface area contributed by atoms with E-state index in [0.717, 1.165) is 49.0 Å². The second kappa shape index (κ2) is 9.23. The standard InChI is InChI=1S/C24H32N5OP/c1-2-30-16-18-15-26-29-13-10-23(27-24(18)29)28-12-3-4-22(28)21-14-20(31)8-5-17(21)9-11-25-19-6-7-19/h5,8,10,13-15,19,22,25H,2-4,6-7,9,11-12,16,31H2,1H3/t22-/m1/s1. The summed E-state index contributed by atoms with van der Waals surface area (Å²) in [7, 11) is 2.87. The predicted octanol–water partition coefficient (Wildman–Crippen LogP) is 3.40. The molecule has 3 heterocycles. The molecule has 6 nitrogen and oxygen atoms in total. The van der Waals surface area contributed by atoms with Gasteiger partial charge in [-0.05, 0) is 74.1 Å². The molecule has 2 atom stereocenters. The van der Waals surface area contributed by atoms with Crippen molar-refractivity contribution in [1.29, 1.82) is 0 Å². The van der Waals surface area contributed by atoms with E-state index in [1.165, 1.54) is 35.7 Å². The molecule has 1 aromatic carbocycles. The van der Waals surface area contributed by atoms with Gasteiger partial charge in [0.05, 0.1) is 18.8 Å². The summed E-state index contributed by atoms with van der Waals surface area (Å²) in [4.78, 5) is 7.50. The van der Waals surface area contributed by atoms with Gasteiger partial charge in [0.1, 0.15) is 5.82 Å². The average Bonchev–Trinajstić information content (AvgIpc) is 3.32. The van der Waals surface area contributed by atoms with Gasteiger partial charge in [-0.3, -0.25) is 0 Å². The second-order valence-corrected chi connectivity index (χ2v) is 9.32. The van der Waals surface area contributed by atoms with Gasteiger partial charge < -0.3 is 15.0 Å². The first-order valence-corrected chi connectivity index (χ1v) is 12.1. The smallest absolute Gasteiger partial charge is 0.162 e. The first-order valence-electron chi connectivity index (χ1n) is 11.5. The van der Waals surface area contributed by atoms with Crippen LogP contribution in [0.4, 0.5) is 5.82 Å². The fraction of sp³-hybridized carbons (Fsp3) is 0.500. The van der Waals surface area contributed by atoms with Gasteiger partial charge in [-0.25, -0.2) is 9.50 Å². The van der Waals surface area contributed by atoms with E-state index in [2.05, 4.69) is 48.8 Å². The molecular weight excluding hydrogens is 405 g/mol. The molecule has 1 unspecified atom stereocenters. The molecule has 31 heavy (non-hydrogen) atoms. The molecule has 3 aromatic rings. The lowest BCUT2D eigenvalue weighted by atomic mass is 9.96. The molecule has 2 aromatic heterocycles. The zero-order valence-corrected chi connectivity index (χ0v) is 19.4. The Balaban J connectivity index is 1.42. The van der Waals surface area contributed by atoms with Crippen molar-refractivity contribution in [3.63, 3.8) is 0 Å². The van der Waals surface area contributed by atoms with E-state index in [4.69, 9.17) is 9.72 Å². The van der Waals surface area contributed by atoms with Gasteiger partial charge in [0, 0.05) is 31.0 Å². The molecule has 1 N–H and O–H groups in total. The minimum atomic E-state index is 0.365. The third-order valence-electron chi connectivity index (χ3n) is 6.37. The average molecular weight is 438 g/mol. The van der Waals surface area contributed by atoms with Crippen LogP contribution in [0.25, 0.3) is 5.65 Å². The summed E-state index contributed by atoms with van der Waals surface area (Å²) in [5, 5.41) is 9.36. The van der Waals surface area contributed by atoms with Crippen molar-refractivity contribution in [3.05, 3.63) is 53.3 Å². The molecular formula is C24H32N5OP. The van der Waals surface area contributed by atoms with Gasteiger partial charge >= 0.3 is 0 Å². The fourth-order valence-electron chi connectivity index (χ4n) is 4.59. The SMILES string of the molecule is CCOCc1cnn2ccc(N3CCC[C@@H]3c3cc(P)ccc3CCNC3CC3)nc12. The molecule has 0 bridgehead atoms. The van der Waals surface area contributed by atoms with Crippen LogP contribution in [-0.4, -0.2) is 40.3 Å². The van der Waals surface area contributed by atoms with Crippen LogP contribution in [0.5, 0.6) is 0 Å². The summed E-state index contributed by atoms with van der Waals surface area (Å²) >= 11 is 0. The molecule has 1 aliphatic heterocycles. The highest BCUT2D eigenvalue weighted by Gasteiger charge is 2.29. The topological polar surface area (TPSA) is 54.7 Å². The Labute approximate surface area is 186 Å². The molecule has 0 spiro atoms. The van der Waals surface area contributed by atoms with Crippen molar-refractivity contribution in [1.82, 2.24) is 19.9 Å². The van der Waals surface area contributed by atoms with Crippen molar-refractivity contribution in [3.8, 4) is 0 Å². The van der Waals surface area contributed by atoms with E-state index in [1.807, 2.05) is 23.8 Å². The summed E-state index contributed by atoms with van der Waals surface area (Å²) in [5.74, 6) is 1.03. The highest BCUT2D eigenvalue weighted by atomic mass is 31.0. The minimum absolute atomic E-state index is 0.365. The quantitative estimate of drug-likeness (QED) is 0.520. The van der Waals surface area contributed by atoms with Crippen molar-refractivity contribution < 1.29 is 4.74 Å². The number of fused-ring (bicyclic) bond motifs is 1. The molecule has 1 saturated carbocycles. The lowest BCUT2D eigenvalue weighted by molar-refractivity contribution is 0.135. The number of hydrogen-bond donors (Lipinski definition) is 1. The van der Waals surface area contributed by atoms with Crippen LogP contribution in [0.1, 0.15) is 55.3 Å². The third kappa shape index (κ3) is 4.62. The summed E-state index contributed by atoms with van der Waals surface area (Å²) in [5.41, 5.74) is 4.84. The zero-order valence-electron chi connectivity index (χ0n) is 18.3. The number of ether oxygens (including phenoxy) is 1. The van der Waals surface area contributed by atoms with E-state index < -0.39 is 0 Å². The summed E-state index contributed by atoms with van der Waals surface area (Å²) in [6.45, 7) is 5.34. The molecule has 7 heteroatoms. The first kappa shape index (κ1) is 20.9. The third-order valence-corrected chi connectivity index (χ3v) is 6.73. The van der Waals surface area contributed by atoms with Crippen molar-refractivity contribution in [2.24, 2.45) is 0 Å². The summed E-state index contributed by atoms with van der Waals surface area (Å²) in [6.07, 6.45) is 9.98. The highest BCUT2D eigenvalue weighted by molar-refractivity contribution is 7.27. The van der Waals surface area contributed by atoms with E-state index in [9.17, 15) is 0 Å².